The van der Waals surface area contributed by atoms with Crippen molar-refractivity contribution in [2.75, 3.05) is 19.8 Å². The van der Waals surface area contributed by atoms with E-state index in [4.69, 9.17) is 14.2 Å². The third-order valence-corrected chi connectivity index (χ3v) is 4.04. The molecule has 3 rings (SSSR count). The minimum Gasteiger partial charge on any atom is -0.486 e. The molecule has 1 N–H and O–H groups in total. The number of carbonyl (C=O) groups excluding carboxylic acids is 2. The molecule has 0 saturated heterocycles. The second kappa shape index (κ2) is 7.91. The van der Waals surface area contributed by atoms with Crippen LogP contribution in [0.25, 0.3) is 0 Å². The predicted molar refractivity (Wildman–Crippen MR) is 95.6 cm³/mol. The van der Waals surface area contributed by atoms with Crippen LogP contribution in [0.2, 0.25) is 0 Å². The Kier molecular flexibility index (Phi) is 5.41. The van der Waals surface area contributed by atoms with Crippen molar-refractivity contribution in [2.45, 2.75) is 20.0 Å². The normalized spacial score (nSPS) is 15.2. The van der Waals surface area contributed by atoms with Crippen molar-refractivity contribution in [3.05, 3.63) is 59.2 Å². The van der Waals surface area contributed by atoms with Crippen molar-refractivity contribution in [3.63, 3.8) is 0 Å². The topological polar surface area (TPSA) is 73.9 Å². The molecule has 2 aromatic carbocycles. The van der Waals surface area contributed by atoms with Crippen LogP contribution in [-0.4, -0.2) is 37.7 Å². The minimum atomic E-state index is -0.507. The van der Waals surface area contributed by atoms with Crippen LogP contribution in [0.3, 0.4) is 0 Å². The Hall–Kier alpha value is -3.02. The van der Waals surface area contributed by atoms with E-state index >= 15 is 0 Å². The summed E-state index contributed by atoms with van der Waals surface area (Å²) >= 11 is 0. The molecule has 1 aliphatic heterocycles. The number of ether oxygens (including phenoxy) is 3. The van der Waals surface area contributed by atoms with E-state index in [1.807, 2.05) is 50.2 Å². The number of carbonyl (C=O) groups is 2. The van der Waals surface area contributed by atoms with E-state index in [2.05, 4.69) is 5.32 Å². The zero-order valence-corrected chi connectivity index (χ0v) is 14.8. The number of hydrogen-bond donors (Lipinski definition) is 1. The van der Waals surface area contributed by atoms with Gasteiger partial charge in [0.1, 0.15) is 12.7 Å². The summed E-state index contributed by atoms with van der Waals surface area (Å²) in [6, 6.07) is 12.9. The first-order valence-corrected chi connectivity index (χ1v) is 8.42. The number of fused-ring (bicyclic) bond motifs is 1. The molecular formula is C20H21NO5. The first-order chi connectivity index (χ1) is 12.5. The fourth-order valence-electron chi connectivity index (χ4n) is 2.61. The maximum atomic E-state index is 12.1. The van der Waals surface area contributed by atoms with Crippen LogP contribution in [-0.2, 0) is 9.53 Å². The van der Waals surface area contributed by atoms with Gasteiger partial charge in [0.2, 0.25) is 0 Å². The van der Waals surface area contributed by atoms with Crippen molar-refractivity contribution in [3.8, 4) is 11.5 Å². The highest BCUT2D eigenvalue weighted by molar-refractivity contribution is 5.92. The van der Waals surface area contributed by atoms with E-state index in [1.165, 1.54) is 0 Å². The van der Waals surface area contributed by atoms with Crippen LogP contribution < -0.4 is 14.8 Å². The van der Waals surface area contributed by atoms with Gasteiger partial charge in [0.15, 0.2) is 18.1 Å². The van der Waals surface area contributed by atoms with Crippen LogP contribution in [0, 0.1) is 13.8 Å². The van der Waals surface area contributed by atoms with E-state index in [1.54, 1.807) is 6.07 Å². The molecule has 0 spiro atoms. The van der Waals surface area contributed by atoms with Crippen molar-refractivity contribution in [1.29, 1.82) is 0 Å². The summed E-state index contributed by atoms with van der Waals surface area (Å²) in [6.07, 6.45) is -0.288. The molecule has 1 amide bonds. The molecule has 1 heterocycles. The number of aryl methyl sites for hydroxylation is 2. The van der Waals surface area contributed by atoms with Gasteiger partial charge >= 0.3 is 5.97 Å². The summed E-state index contributed by atoms with van der Waals surface area (Å²) < 4.78 is 16.4. The van der Waals surface area contributed by atoms with Gasteiger partial charge in [0, 0.05) is 0 Å². The largest absolute Gasteiger partial charge is 0.486 e. The number of benzene rings is 2. The Morgan fingerprint density at radius 2 is 1.92 bits per heavy atom. The van der Waals surface area contributed by atoms with Crippen LogP contribution in [0.1, 0.15) is 21.5 Å². The highest BCUT2D eigenvalue weighted by atomic mass is 16.6. The van der Waals surface area contributed by atoms with Crippen LogP contribution in [0.4, 0.5) is 0 Å². The summed E-state index contributed by atoms with van der Waals surface area (Å²) in [5, 5.41) is 2.69. The van der Waals surface area contributed by atoms with Gasteiger partial charge in [-0.15, -0.1) is 0 Å². The van der Waals surface area contributed by atoms with Gasteiger partial charge in [-0.25, -0.2) is 4.79 Å². The summed E-state index contributed by atoms with van der Waals surface area (Å²) in [5.41, 5.74) is 2.24. The lowest BCUT2D eigenvalue weighted by molar-refractivity contribution is -0.124. The van der Waals surface area contributed by atoms with E-state index < -0.39 is 5.97 Å². The highest BCUT2D eigenvalue weighted by Gasteiger charge is 2.21. The van der Waals surface area contributed by atoms with Gasteiger partial charge < -0.3 is 19.5 Å². The van der Waals surface area contributed by atoms with Crippen molar-refractivity contribution in [2.24, 2.45) is 0 Å². The molecule has 0 bridgehead atoms. The van der Waals surface area contributed by atoms with E-state index in [0.29, 0.717) is 23.7 Å². The monoisotopic (exact) mass is 355 g/mol. The summed E-state index contributed by atoms with van der Waals surface area (Å²) in [5.74, 6) is 0.454. The fourth-order valence-corrected chi connectivity index (χ4v) is 2.61. The number of esters is 1. The lowest BCUT2D eigenvalue weighted by Crippen LogP contribution is -2.42. The molecule has 0 radical (unpaired) electrons. The Morgan fingerprint density at radius 3 is 2.73 bits per heavy atom. The maximum absolute atomic E-state index is 12.1. The third-order valence-electron chi connectivity index (χ3n) is 4.04. The van der Waals surface area contributed by atoms with Crippen LogP contribution in [0.15, 0.2) is 42.5 Å². The molecule has 0 aromatic heterocycles. The molecule has 0 saturated carbocycles. The summed E-state index contributed by atoms with van der Waals surface area (Å²) in [4.78, 5) is 24.1. The summed E-state index contributed by atoms with van der Waals surface area (Å²) in [6.45, 7) is 4.01. The van der Waals surface area contributed by atoms with Gasteiger partial charge in [-0.1, -0.05) is 29.8 Å². The number of para-hydroxylation sites is 2. The Balaban J connectivity index is 1.45. The predicted octanol–water partition coefficient (Wildman–Crippen LogP) is 2.42. The Bertz CT molecular complexity index is 818. The van der Waals surface area contributed by atoms with E-state index in [9.17, 15) is 9.59 Å². The second-order valence-corrected chi connectivity index (χ2v) is 6.20. The van der Waals surface area contributed by atoms with Gasteiger partial charge in [0.25, 0.3) is 5.91 Å². The average Bonchev–Trinajstić information content (AvgIpc) is 2.66. The smallest absolute Gasteiger partial charge is 0.338 e. The fraction of sp³-hybridized carbons (Fsp3) is 0.300. The molecule has 0 fully saturated rings. The van der Waals surface area contributed by atoms with E-state index in [0.717, 1.165) is 11.1 Å². The van der Waals surface area contributed by atoms with Crippen molar-refractivity contribution >= 4 is 11.9 Å². The van der Waals surface area contributed by atoms with Gasteiger partial charge in [-0.3, -0.25) is 4.79 Å². The number of nitrogens with one attached hydrogen (secondary N) is 1. The van der Waals surface area contributed by atoms with Crippen LogP contribution in [0.5, 0.6) is 11.5 Å². The average molecular weight is 355 g/mol. The van der Waals surface area contributed by atoms with Gasteiger partial charge in [-0.05, 0) is 37.6 Å². The molecule has 2 aromatic rings. The molecule has 0 aliphatic carbocycles. The molecule has 1 atom stereocenters. The molecule has 136 valence electrons. The second-order valence-electron chi connectivity index (χ2n) is 6.20. The highest BCUT2D eigenvalue weighted by Crippen LogP contribution is 2.30. The Morgan fingerprint density at radius 1 is 1.15 bits per heavy atom. The van der Waals surface area contributed by atoms with Gasteiger partial charge in [0.05, 0.1) is 12.1 Å². The lowest BCUT2D eigenvalue weighted by atomic mass is 10.1. The first kappa shape index (κ1) is 17.8. The third kappa shape index (κ3) is 4.33. The number of hydrogen-bond acceptors (Lipinski definition) is 5. The quantitative estimate of drug-likeness (QED) is 0.834. The molecule has 26 heavy (non-hydrogen) atoms. The molecule has 1 aliphatic rings. The molecular weight excluding hydrogens is 334 g/mol. The van der Waals surface area contributed by atoms with Crippen LogP contribution >= 0.6 is 0 Å². The van der Waals surface area contributed by atoms with Gasteiger partial charge in [-0.2, -0.15) is 0 Å². The lowest BCUT2D eigenvalue weighted by Gasteiger charge is -2.26. The maximum Gasteiger partial charge on any atom is 0.338 e. The number of amides is 1. The zero-order valence-electron chi connectivity index (χ0n) is 14.8. The van der Waals surface area contributed by atoms with Crippen molar-refractivity contribution in [1.82, 2.24) is 5.32 Å². The standard InChI is InChI=1S/C20H21NO5/c1-13-7-8-14(2)16(9-13)20(23)25-12-19(22)21-10-15-11-24-17-5-3-4-6-18(17)26-15/h3-9,15H,10-12H2,1-2H3,(H,21,22)/t15-/m0/s1. The molecule has 6 nitrogen and oxygen atoms in total. The summed E-state index contributed by atoms with van der Waals surface area (Å²) in [7, 11) is 0. The molecule has 0 unspecified atom stereocenters. The molecule has 6 heteroatoms. The van der Waals surface area contributed by atoms with E-state index in [-0.39, 0.29) is 25.2 Å². The minimum absolute atomic E-state index is 0.272. The number of rotatable bonds is 5. The Labute approximate surface area is 152 Å². The zero-order chi connectivity index (χ0) is 18.5. The SMILES string of the molecule is Cc1ccc(C)c(C(=O)OCC(=O)NC[C@H]2COc3ccccc3O2)c1. The van der Waals surface area contributed by atoms with Crippen molar-refractivity contribution < 1.29 is 23.8 Å². The first-order valence-electron chi connectivity index (χ1n) is 8.42.